The van der Waals surface area contributed by atoms with Crippen LogP contribution in [0, 0.1) is 6.92 Å². The van der Waals surface area contributed by atoms with Gasteiger partial charge in [-0.05, 0) is 24.6 Å². The van der Waals surface area contributed by atoms with Gasteiger partial charge in [0.25, 0.3) is 0 Å². The summed E-state index contributed by atoms with van der Waals surface area (Å²) in [6.45, 7) is 0.745. The van der Waals surface area contributed by atoms with Crippen LogP contribution < -0.4 is 9.50 Å². The topological polar surface area (TPSA) is 95.9 Å². The quantitative estimate of drug-likeness (QED) is 0.491. The number of hydrogen-bond donors (Lipinski definition) is 3. The van der Waals surface area contributed by atoms with Gasteiger partial charge in [0.2, 0.25) is 0 Å². The highest BCUT2D eigenvalue weighted by Gasteiger charge is 2.48. The maximum atomic E-state index is 12.4. The normalized spacial score (nSPS) is 13.8. The van der Waals surface area contributed by atoms with Gasteiger partial charge < -0.3 is 19.7 Å². The summed E-state index contributed by atoms with van der Waals surface area (Å²) in [5.74, 6) is -0.567. The lowest BCUT2D eigenvalue weighted by Crippen LogP contribution is -2.29. The molecule has 0 aliphatic heterocycles. The molecule has 0 heterocycles. The number of halogens is 4. The van der Waals surface area contributed by atoms with Gasteiger partial charge in [0.1, 0.15) is 0 Å². The maximum absolute atomic E-state index is 12.4. The number of rotatable bonds is 6. The SMILES string of the molecule is Cc1cc(OS(=O)(=O)C(F)(F)F)c(NCC(O)CO)cc1Br. The number of nitrogens with one attached hydrogen (secondary N) is 1. The number of alkyl halides is 3. The van der Waals surface area contributed by atoms with E-state index in [4.69, 9.17) is 5.11 Å². The molecule has 11 heteroatoms. The molecule has 22 heavy (non-hydrogen) atoms. The Morgan fingerprint density at radius 3 is 2.50 bits per heavy atom. The molecular weight excluding hydrogens is 395 g/mol. The molecule has 126 valence electrons. The van der Waals surface area contributed by atoms with Crippen LogP contribution in [-0.4, -0.2) is 43.4 Å². The number of aryl methyl sites for hydroxylation is 1. The summed E-state index contributed by atoms with van der Waals surface area (Å²) in [4.78, 5) is 0. The van der Waals surface area contributed by atoms with Crippen molar-refractivity contribution >= 4 is 31.7 Å². The smallest absolute Gasteiger partial charge is 0.394 e. The van der Waals surface area contributed by atoms with Gasteiger partial charge in [0.15, 0.2) is 5.75 Å². The van der Waals surface area contributed by atoms with Crippen molar-refractivity contribution in [3.8, 4) is 5.75 Å². The van der Waals surface area contributed by atoms with Gasteiger partial charge in [-0.25, -0.2) is 0 Å². The third-order valence-electron chi connectivity index (χ3n) is 2.48. The fourth-order valence-corrected chi connectivity index (χ4v) is 2.13. The van der Waals surface area contributed by atoms with Crippen molar-refractivity contribution in [1.82, 2.24) is 0 Å². The van der Waals surface area contributed by atoms with Crippen molar-refractivity contribution in [3.05, 3.63) is 22.2 Å². The molecule has 1 aromatic carbocycles. The Balaban J connectivity index is 3.15. The van der Waals surface area contributed by atoms with Crippen LogP contribution in [0.2, 0.25) is 0 Å². The number of aliphatic hydroxyl groups is 2. The molecule has 3 N–H and O–H groups in total. The fourth-order valence-electron chi connectivity index (χ4n) is 1.32. The second-order valence-corrected chi connectivity index (χ2v) is 6.69. The Bertz CT molecular complexity index is 635. The van der Waals surface area contributed by atoms with Crippen molar-refractivity contribution in [3.63, 3.8) is 0 Å². The third kappa shape index (κ3) is 4.73. The number of benzene rings is 1. The highest BCUT2D eigenvalue weighted by Crippen LogP contribution is 2.35. The van der Waals surface area contributed by atoms with Crippen LogP contribution in [-0.2, 0) is 10.1 Å². The van der Waals surface area contributed by atoms with E-state index in [1.807, 2.05) is 0 Å². The first kappa shape index (κ1) is 19.0. The summed E-state index contributed by atoms with van der Waals surface area (Å²) in [5.41, 5.74) is -5.20. The molecule has 0 amide bonds. The van der Waals surface area contributed by atoms with Crippen molar-refractivity contribution in [2.24, 2.45) is 0 Å². The Morgan fingerprint density at radius 1 is 1.41 bits per heavy atom. The molecular formula is C11H13BrF3NO5S. The lowest BCUT2D eigenvalue weighted by molar-refractivity contribution is -0.0499. The molecule has 0 aliphatic carbocycles. The minimum Gasteiger partial charge on any atom is -0.394 e. The Hall–Kier alpha value is -1.04. The molecule has 6 nitrogen and oxygen atoms in total. The highest BCUT2D eigenvalue weighted by molar-refractivity contribution is 9.10. The van der Waals surface area contributed by atoms with Crippen LogP contribution in [0.4, 0.5) is 18.9 Å². The summed E-state index contributed by atoms with van der Waals surface area (Å²) in [5, 5.41) is 20.4. The minimum atomic E-state index is -5.81. The molecule has 0 radical (unpaired) electrons. The van der Waals surface area contributed by atoms with Crippen LogP contribution in [0.15, 0.2) is 16.6 Å². The molecule has 0 spiro atoms. The van der Waals surface area contributed by atoms with Crippen molar-refractivity contribution in [2.75, 3.05) is 18.5 Å². The summed E-state index contributed by atoms with van der Waals surface area (Å²) in [6.07, 6.45) is -1.17. The Morgan fingerprint density at radius 2 is 2.00 bits per heavy atom. The largest absolute Gasteiger partial charge is 0.534 e. The lowest BCUT2D eigenvalue weighted by atomic mass is 10.2. The lowest BCUT2D eigenvalue weighted by Gasteiger charge is -2.17. The number of hydrogen-bond acceptors (Lipinski definition) is 6. The molecule has 1 aromatic rings. The van der Waals surface area contributed by atoms with Crippen molar-refractivity contribution in [1.29, 1.82) is 0 Å². The zero-order chi connectivity index (χ0) is 17.1. The van der Waals surface area contributed by atoms with E-state index in [2.05, 4.69) is 25.4 Å². The van der Waals surface area contributed by atoms with E-state index in [0.29, 0.717) is 10.0 Å². The van der Waals surface area contributed by atoms with Crippen LogP contribution in [0.3, 0.4) is 0 Å². The first-order chi connectivity index (χ1) is 9.98. The monoisotopic (exact) mass is 407 g/mol. The third-order valence-corrected chi connectivity index (χ3v) is 4.30. The number of anilines is 1. The molecule has 0 bridgehead atoms. The van der Waals surface area contributed by atoms with E-state index in [-0.39, 0.29) is 12.2 Å². The molecule has 0 saturated heterocycles. The second-order valence-electron chi connectivity index (χ2n) is 4.30. The zero-order valence-corrected chi connectivity index (χ0v) is 13.6. The molecule has 0 aliphatic rings. The van der Waals surface area contributed by atoms with E-state index < -0.39 is 34.1 Å². The molecule has 0 saturated carbocycles. The summed E-state index contributed by atoms with van der Waals surface area (Å²) < 4.78 is 63.9. The standard InChI is InChI=1S/C11H13BrF3NO5S/c1-6-2-10(21-22(19,20)11(13,14)15)9(3-8(6)12)16-4-7(18)5-17/h2-3,7,16-18H,4-5H2,1H3. The average Bonchev–Trinajstić information content (AvgIpc) is 2.39. The highest BCUT2D eigenvalue weighted by atomic mass is 79.9. The molecule has 1 unspecified atom stereocenters. The molecule has 0 fully saturated rings. The van der Waals surface area contributed by atoms with E-state index in [9.17, 15) is 26.7 Å². The predicted octanol–water partition coefficient (Wildman–Crippen LogP) is 1.75. The predicted molar refractivity (Wildman–Crippen MR) is 76.1 cm³/mol. The first-order valence-electron chi connectivity index (χ1n) is 5.81. The fraction of sp³-hybridized carbons (Fsp3) is 0.455. The molecule has 1 rings (SSSR count). The van der Waals surface area contributed by atoms with E-state index in [1.165, 1.54) is 13.0 Å². The summed E-state index contributed by atoms with van der Waals surface area (Å²) in [7, 11) is -5.81. The van der Waals surface area contributed by atoms with Crippen LogP contribution in [0.25, 0.3) is 0 Å². The van der Waals surface area contributed by atoms with Crippen LogP contribution in [0.5, 0.6) is 5.75 Å². The molecule has 1 atom stereocenters. The van der Waals surface area contributed by atoms with Crippen LogP contribution >= 0.6 is 15.9 Å². The van der Waals surface area contributed by atoms with Gasteiger partial charge >= 0.3 is 15.6 Å². The Kier molecular flexibility index (Phi) is 6.07. The van der Waals surface area contributed by atoms with Gasteiger partial charge in [0, 0.05) is 11.0 Å². The Labute approximate surface area is 133 Å². The second kappa shape index (κ2) is 7.02. The summed E-state index contributed by atoms with van der Waals surface area (Å²) >= 11 is 3.14. The zero-order valence-electron chi connectivity index (χ0n) is 11.2. The maximum Gasteiger partial charge on any atom is 0.534 e. The van der Waals surface area contributed by atoms with E-state index in [0.717, 1.165) is 6.07 Å². The van der Waals surface area contributed by atoms with Crippen molar-refractivity contribution < 1.29 is 36.0 Å². The van der Waals surface area contributed by atoms with Gasteiger partial charge in [0.05, 0.1) is 18.4 Å². The van der Waals surface area contributed by atoms with Gasteiger partial charge in [-0.15, -0.1) is 0 Å². The van der Waals surface area contributed by atoms with Gasteiger partial charge in [-0.1, -0.05) is 15.9 Å². The van der Waals surface area contributed by atoms with E-state index in [1.54, 1.807) is 0 Å². The molecule has 0 aromatic heterocycles. The summed E-state index contributed by atoms with van der Waals surface area (Å²) in [6, 6.07) is 2.40. The first-order valence-corrected chi connectivity index (χ1v) is 8.01. The van der Waals surface area contributed by atoms with Gasteiger partial charge in [-0.2, -0.15) is 21.6 Å². The van der Waals surface area contributed by atoms with E-state index >= 15 is 0 Å². The minimum absolute atomic E-state index is 0.0854. The van der Waals surface area contributed by atoms with Crippen LogP contribution in [0.1, 0.15) is 5.56 Å². The average molecular weight is 408 g/mol. The number of aliphatic hydroxyl groups excluding tert-OH is 2. The van der Waals surface area contributed by atoms with Gasteiger partial charge in [-0.3, -0.25) is 0 Å². The van der Waals surface area contributed by atoms with Crippen molar-refractivity contribution in [2.45, 2.75) is 18.5 Å².